The number of aliphatic hydroxyl groups is 3. The number of carbonyl (C=O) groups is 2. The predicted molar refractivity (Wildman–Crippen MR) is 80.1 cm³/mol. The maximum atomic E-state index is 11.6. The largest absolute Gasteiger partial charge is 0.462 e. The van der Waals surface area contributed by atoms with E-state index in [0.29, 0.717) is 0 Å². The lowest BCUT2D eigenvalue weighted by atomic mass is 10.0. The van der Waals surface area contributed by atoms with Crippen LogP contribution in [0.4, 0.5) is 0 Å². The van der Waals surface area contributed by atoms with Gasteiger partial charge in [0.05, 0.1) is 6.61 Å². The Bertz CT molecular complexity index is 445. The van der Waals surface area contributed by atoms with Crippen molar-refractivity contribution in [3.8, 4) is 0 Å². The summed E-state index contributed by atoms with van der Waals surface area (Å²) in [6, 6.07) is 0. The Hall–Kier alpha value is -1.74. The van der Waals surface area contributed by atoms with Crippen LogP contribution in [0.25, 0.3) is 0 Å². The zero-order valence-corrected chi connectivity index (χ0v) is 13.5. The van der Waals surface area contributed by atoms with Gasteiger partial charge in [0.2, 0.25) is 0 Å². The van der Waals surface area contributed by atoms with Crippen molar-refractivity contribution < 1.29 is 39.1 Å². The van der Waals surface area contributed by atoms with Crippen LogP contribution < -0.4 is 0 Å². The van der Waals surface area contributed by atoms with Gasteiger partial charge in [0.1, 0.15) is 18.3 Å². The number of carbonyl (C=O) groups excluding carboxylic acids is 2. The lowest BCUT2D eigenvalue weighted by molar-refractivity contribution is -0.199. The second-order valence-corrected chi connectivity index (χ2v) is 5.04. The summed E-state index contributed by atoms with van der Waals surface area (Å²) < 4.78 is 14.4. The topological polar surface area (TPSA) is 123 Å². The molecule has 0 aliphatic rings. The van der Waals surface area contributed by atoms with E-state index in [1.165, 1.54) is 13.8 Å². The van der Waals surface area contributed by atoms with Crippen LogP contribution in [0.5, 0.6) is 0 Å². The minimum Gasteiger partial charge on any atom is -0.462 e. The summed E-state index contributed by atoms with van der Waals surface area (Å²) >= 11 is 0. The average Bonchev–Trinajstić information content (AvgIpc) is 2.50. The third kappa shape index (κ3) is 7.38. The zero-order chi connectivity index (χ0) is 18.2. The molecular weight excluding hydrogens is 308 g/mol. The molecule has 8 nitrogen and oxygen atoms in total. The van der Waals surface area contributed by atoms with E-state index >= 15 is 0 Å². The van der Waals surface area contributed by atoms with E-state index in [4.69, 9.17) is 9.47 Å². The Kier molecular flexibility index (Phi) is 9.35. The quantitative estimate of drug-likeness (QED) is 0.282. The Balaban J connectivity index is 4.86. The maximum absolute atomic E-state index is 11.6. The van der Waals surface area contributed by atoms with Crippen molar-refractivity contribution in [1.82, 2.24) is 0 Å². The van der Waals surface area contributed by atoms with Crippen molar-refractivity contribution in [2.24, 2.45) is 0 Å². The van der Waals surface area contributed by atoms with Gasteiger partial charge in [0.25, 0.3) is 0 Å². The predicted octanol–water partition coefficient (Wildman–Crippen LogP) is -0.330. The van der Waals surface area contributed by atoms with Gasteiger partial charge in [-0.05, 0) is 13.8 Å². The van der Waals surface area contributed by atoms with Crippen LogP contribution in [0, 0.1) is 0 Å². The molecule has 0 aromatic rings. The fraction of sp³-hybridized carbons (Fsp3) is 0.600. The highest BCUT2D eigenvalue weighted by Crippen LogP contribution is 2.14. The average molecular weight is 332 g/mol. The molecule has 0 aromatic carbocycles. The Morgan fingerprint density at radius 1 is 1.00 bits per heavy atom. The van der Waals surface area contributed by atoms with Crippen LogP contribution in [0.3, 0.4) is 0 Å². The first kappa shape index (κ1) is 21.3. The molecule has 0 spiro atoms. The van der Waals surface area contributed by atoms with Crippen molar-refractivity contribution in [1.29, 1.82) is 0 Å². The van der Waals surface area contributed by atoms with E-state index in [2.05, 4.69) is 17.9 Å². The molecule has 4 atom stereocenters. The first-order valence-electron chi connectivity index (χ1n) is 6.87. The Labute approximate surface area is 135 Å². The normalized spacial score (nSPS) is 15.9. The molecule has 0 heterocycles. The van der Waals surface area contributed by atoms with Crippen LogP contribution in [0.1, 0.15) is 20.3 Å². The molecule has 0 rings (SSSR count). The minimum atomic E-state index is -1.72. The summed E-state index contributed by atoms with van der Waals surface area (Å²) in [6.45, 7) is 9.51. The molecule has 0 saturated heterocycles. The van der Waals surface area contributed by atoms with Gasteiger partial charge in [-0.3, -0.25) is 0 Å². The second-order valence-electron chi connectivity index (χ2n) is 5.04. The summed E-state index contributed by atoms with van der Waals surface area (Å²) in [5.41, 5.74) is 0.277. The lowest BCUT2D eigenvalue weighted by Crippen LogP contribution is -2.47. The van der Waals surface area contributed by atoms with Crippen LogP contribution in [-0.2, 0) is 23.8 Å². The Morgan fingerprint density at radius 3 is 1.96 bits per heavy atom. The van der Waals surface area contributed by atoms with Gasteiger partial charge < -0.3 is 29.5 Å². The summed E-state index contributed by atoms with van der Waals surface area (Å²) in [4.78, 5) is 22.9. The highest BCUT2D eigenvalue weighted by Gasteiger charge is 2.34. The summed E-state index contributed by atoms with van der Waals surface area (Å²) in [5.74, 6) is -1.43. The fourth-order valence-corrected chi connectivity index (χ4v) is 1.46. The van der Waals surface area contributed by atoms with E-state index in [9.17, 15) is 24.9 Å². The van der Waals surface area contributed by atoms with Gasteiger partial charge in [-0.1, -0.05) is 13.2 Å². The molecule has 0 aliphatic heterocycles. The van der Waals surface area contributed by atoms with Crippen molar-refractivity contribution in [3.63, 3.8) is 0 Å². The summed E-state index contributed by atoms with van der Waals surface area (Å²) in [6.07, 6.45) is -6.39. The molecule has 0 aliphatic carbocycles. The standard InChI is InChI=1S/C15H24O8/c1-8(2)13(18)22-7-6-10(23-14(19)9(3)4)11(16)12(17)15(20)21-5/h10-12,15-17,20H,1,3,6-7H2,2,4-5H3/t10-,11?,12?,15-/m1/s1. The second kappa shape index (κ2) is 10.1. The molecule has 3 N–H and O–H groups in total. The smallest absolute Gasteiger partial charge is 0.333 e. The summed E-state index contributed by atoms with van der Waals surface area (Å²) in [5, 5.41) is 29.2. The monoisotopic (exact) mass is 332 g/mol. The van der Waals surface area contributed by atoms with E-state index in [1.54, 1.807) is 0 Å². The number of esters is 2. The van der Waals surface area contributed by atoms with Crippen LogP contribution >= 0.6 is 0 Å². The molecule has 8 heteroatoms. The SMILES string of the molecule is C=C(C)C(=O)OCC[C@@H](OC(=O)C(=C)C)C(O)C(O)[C@H](O)OC. The molecule has 23 heavy (non-hydrogen) atoms. The molecule has 0 saturated carbocycles. The van der Waals surface area contributed by atoms with Crippen molar-refractivity contribution in [2.45, 2.75) is 44.9 Å². The molecule has 0 amide bonds. The van der Waals surface area contributed by atoms with E-state index in [1.807, 2.05) is 0 Å². The van der Waals surface area contributed by atoms with Gasteiger partial charge >= 0.3 is 11.9 Å². The first-order chi connectivity index (χ1) is 10.6. The molecule has 2 unspecified atom stereocenters. The third-order valence-corrected chi connectivity index (χ3v) is 2.86. The highest BCUT2D eigenvalue weighted by molar-refractivity contribution is 5.87. The van der Waals surface area contributed by atoms with E-state index in [-0.39, 0.29) is 24.2 Å². The van der Waals surface area contributed by atoms with Crippen LogP contribution in [0.2, 0.25) is 0 Å². The lowest BCUT2D eigenvalue weighted by Gasteiger charge is -2.28. The zero-order valence-electron chi connectivity index (χ0n) is 13.5. The molecular formula is C15H24O8. The minimum absolute atomic E-state index is 0.0860. The van der Waals surface area contributed by atoms with Gasteiger partial charge in [-0.25, -0.2) is 9.59 Å². The molecule has 0 fully saturated rings. The fourth-order valence-electron chi connectivity index (χ4n) is 1.46. The van der Waals surface area contributed by atoms with Crippen molar-refractivity contribution >= 4 is 11.9 Å². The molecule has 0 bridgehead atoms. The highest BCUT2D eigenvalue weighted by atomic mass is 16.6. The van der Waals surface area contributed by atoms with Crippen LogP contribution in [0.15, 0.2) is 24.3 Å². The number of methoxy groups -OCH3 is 1. The maximum Gasteiger partial charge on any atom is 0.333 e. The number of aliphatic hydroxyl groups excluding tert-OH is 3. The number of ether oxygens (including phenoxy) is 3. The van der Waals surface area contributed by atoms with Crippen molar-refractivity contribution in [3.05, 3.63) is 24.3 Å². The van der Waals surface area contributed by atoms with Gasteiger partial charge in [0.15, 0.2) is 6.29 Å². The summed E-state index contributed by atoms with van der Waals surface area (Å²) in [7, 11) is 1.13. The van der Waals surface area contributed by atoms with Crippen LogP contribution in [-0.4, -0.2) is 65.6 Å². The molecule has 132 valence electrons. The van der Waals surface area contributed by atoms with Crippen molar-refractivity contribution in [2.75, 3.05) is 13.7 Å². The van der Waals surface area contributed by atoms with E-state index in [0.717, 1.165) is 7.11 Å². The van der Waals surface area contributed by atoms with Gasteiger partial charge in [-0.2, -0.15) is 0 Å². The first-order valence-corrected chi connectivity index (χ1v) is 6.87. The third-order valence-electron chi connectivity index (χ3n) is 2.86. The molecule has 0 radical (unpaired) electrons. The number of hydrogen-bond donors (Lipinski definition) is 3. The van der Waals surface area contributed by atoms with Gasteiger partial charge in [-0.15, -0.1) is 0 Å². The van der Waals surface area contributed by atoms with E-state index < -0.39 is 36.5 Å². The number of rotatable bonds is 10. The number of hydrogen-bond acceptors (Lipinski definition) is 8. The molecule has 0 aromatic heterocycles. The Morgan fingerprint density at radius 2 is 1.52 bits per heavy atom. The van der Waals surface area contributed by atoms with Gasteiger partial charge in [0, 0.05) is 24.7 Å².